The highest BCUT2D eigenvalue weighted by Crippen LogP contribution is 2.56. The predicted octanol–water partition coefficient (Wildman–Crippen LogP) is 4.10. The predicted molar refractivity (Wildman–Crippen MR) is 129 cm³/mol. The zero-order valence-electron chi connectivity index (χ0n) is 18.9. The number of ether oxygens (including phenoxy) is 1. The summed E-state index contributed by atoms with van der Waals surface area (Å²) in [5.74, 6) is -1.38. The van der Waals surface area contributed by atoms with E-state index in [2.05, 4.69) is 5.32 Å². The first kappa shape index (κ1) is 22.2. The van der Waals surface area contributed by atoms with Gasteiger partial charge in [-0.3, -0.25) is 14.5 Å². The van der Waals surface area contributed by atoms with Crippen LogP contribution >= 0.6 is 11.6 Å². The Labute approximate surface area is 202 Å². The summed E-state index contributed by atoms with van der Waals surface area (Å²) in [7, 11) is 0. The number of allylic oxidation sites excluding steroid dienone is 1. The van der Waals surface area contributed by atoms with Crippen LogP contribution < -0.4 is 16.0 Å². The molecule has 3 N–H and O–H groups in total. The van der Waals surface area contributed by atoms with Gasteiger partial charge in [0.2, 0.25) is 5.91 Å². The lowest BCUT2D eigenvalue weighted by atomic mass is 9.63. The van der Waals surface area contributed by atoms with Crippen molar-refractivity contribution < 1.29 is 19.1 Å². The molecule has 2 aliphatic heterocycles. The van der Waals surface area contributed by atoms with Crippen molar-refractivity contribution in [3.63, 3.8) is 0 Å². The Morgan fingerprint density at radius 3 is 2.74 bits per heavy atom. The van der Waals surface area contributed by atoms with Gasteiger partial charge >= 0.3 is 5.97 Å². The van der Waals surface area contributed by atoms with Crippen LogP contribution in [0.15, 0.2) is 65.1 Å². The molecule has 2 heterocycles. The van der Waals surface area contributed by atoms with Crippen molar-refractivity contribution in [2.45, 2.75) is 38.5 Å². The van der Waals surface area contributed by atoms with Crippen LogP contribution in [0.25, 0.3) is 0 Å². The maximum atomic E-state index is 13.8. The van der Waals surface area contributed by atoms with Crippen molar-refractivity contribution in [1.82, 2.24) is 0 Å². The van der Waals surface area contributed by atoms with Gasteiger partial charge in [-0.2, -0.15) is 0 Å². The maximum absolute atomic E-state index is 13.8. The van der Waals surface area contributed by atoms with Gasteiger partial charge in [-0.05, 0) is 62.6 Å². The second-order valence-corrected chi connectivity index (χ2v) is 9.08. The van der Waals surface area contributed by atoms with Crippen LogP contribution in [0.1, 0.15) is 37.3 Å². The molecule has 1 spiro atoms. The van der Waals surface area contributed by atoms with Crippen molar-refractivity contribution in [3.05, 3.63) is 81.3 Å². The molecule has 0 saturated carbocycles. The number of esters is 1. The second kappa shape index (κ2) is 8.02. The van der Waals surface area contributed by atoms with E-state index in [0.717, 1.165) is 5.56 Å². The SMILES string of the molecule is CCOC(=O)C1=C(N)N(c2cccc(C)c2)C2=C(C(=O)CCC2)C12C(=O)Nc1ccc(Cl)cc12. The molecule has 5 rings (SSSR count). The first-order valence-electron chi connectivity index (χ1n) is 11.2. The first-order chi connectivity index (χ1) is 16.3. The van der Waals surface area contributed by atoms with E-state index in [9.17, 15) is 14.4 Å². The molecule has 7 nitrogen and oxygen atoms in total. The van der Waals surface area contributed by atoms with Crippen LogP contribution in [0.5, 0.6) is 0 Å². The first-order valence-corrected chi connectivity index (χ1v) is 11.6. The molecule has 2 aromatic rings. The van der Waals surface area contributed by atoms with E-state index in [1.54, 1.807) is 30.0 Å². The summed E-state index contributed by atoms with van der Waals surface area (Å²) in [6, 6.07) is 12.6. The average Bonchev–Trinajstić information content (AvgIpc) is 3.06. The van der Waals surface area contributed by atoms with Gasteiger partial charge in [-0.25, -0.2) is 4.79 Å². The fraction of sp³-hybridized carbons (Fsp3) is 0.269. The Morgan fingerprint density at radius 1 is 1.21 bits per heavy atom. The average molecular weight is 478 g/mol. The van der Waals surface area contributed by atoms with E-state index in [0.29, 0.717) is 40.5 Å². The Balaban J connectivity index is 1.91. The number of Topliss-reactive ketones (excluding diaryl/α,β-unsaturated/α-hetero) is 1. The van der Waals surface area contributed by atoms with Crippen LogP contribution in [0.3, 0.4) is 0 Å². The van der Waals surface area contributed by atoms with Gasteiger partial charge in [-0.1, -0.05) is 23.7 Å². The van der Waals surface area contributed by atoms with Gasteiger partial charge in [0.15, 0.2) is 5.78 Å². The van der Waals surface area contributed by atoms with Crippen LogP contribution in [-0.4, -0.2) is 24.3 Å². The highest BCUT2D eigenvalue weighted by molar-refractivity contribution is 6.31. The summed E-state index contributed by atoms with van der Waals surface area (Å²) in [6.45, 7) is 3.71. The van der Waals surface area contributed by atoms with Crippen LogP contribution in [0.2, 0.25) is 5.02 Å². The summed E-state index contributed by atoms with van der Waals surface area (Å²) >= 11 is 6.34. The number of nitrogens with one attached hydrogen (secondary N) is 1. The van der Waals surface area contributed by atoms with Gasteiger partial charge in [-0.15, -0.1) is 0 Å². The highest BCUT2D eigenvalue weighted by atomic mass is 35.5. The molecule has 1 unspecified atom stereocenters. The maximum Gasteiger partial charge on any atom is 0.339 e. The molecule has 174 valence electrons. The number of nitrogens with zero attached hydrogens (tertiary/aromatic N) is 1. The normalized spacial score (nSPS) is 21.6. The van der Waals surface area contributed by atoms with Gasteiger partial charge in [0.1, 0.15) is 16.8 Å². The molecule has 0 aromatic heterocycles. The Bertz CT molecular complexity index is 1330. The van der Waals surface area contributed by atoms with Gasteiger partial charge < -0.3 is 15.8 Å². The zero-order valence-corrected chi connectivity index (χ0v) is 19.7. The molecule has 0 radical (unpaired) electrons. The molecule has 3 aliphatic rings. The molecule has 34 heavy (non-hydrogen) atoms. The number of carbonyl (C=O) groups is 3. The number of benzene rings is 2. The second-order valence-electron chi connectivity index (χ2n) is 8.65. The lowest BCUT2D eigenvalue weighted by Gasteiger charge is -2.44. The number of amides is 1. The van der Waals surface area contributed by atoms with E-state index >= 15 is 0 Å². The van der Waals surface area contributed by atoms with E-state index in [1.807, 2.05) is 31.2 Å². The van der Waals surface area contributed by atoms with Crippen LogP contribution in [-0.2, 0) is 24.5 Å². The van der Waals surface area contributed by atoms with E-state index in [4.69, 9.17) is 22.1 Å². The fourth-order valence-corrected chi connectivity index (χ4v) is 5.52. The lowest BCUT2D eigenvalue weighted by Crippen LogP contribution is -2.53. The third-order valence-corrected chi connectivity index (χ3v) is 6.85. The molecule has 1 amide bonds. The molecule has 2 aromatic carbocycles. The van der Waals surface area contributed by atoms with Crippen molar-refractivity contribution in [1.29, 1.82) is 0 Å². The lowest BCUT2D eigenvalue weighted by molar-refractivity contribution is -0.140. The van der Waals surface area contributed by atoms with Crippen LogP contribution in [0, 0.1) is 6.92 Å². The largest absolute Gasteiger partial charge is 0.462 e. The minimum Gasteiger partial charge on any atom is -0.462 e. The van der Waals surface area contributed by atoms with Crippen molar-refractivity contribution in [3.8, 4) is 0 Å². The standard InChI is InChI=1S/C26H24ClN3O4/c1-3-34-24(32)22-23(28)30(16-7-4-6-14(2)12-16)19-8-5-9-20(31)21(19)26(22)17-13-15(27)10-11-18(17)29-25(26)33/h4,6-7,10-13H,3,5,8-9,28H2,1-2H3,(H,29,33). The van der Waals surface area contributed by atoms with Crippen molar-refractivity contribution in [2.24, 2.45) is 5.73 Å². The van der Waals surface area contributed by atoms with Crippen molar-refractivity contribution in [2.75, 3.05) is 16.8 Å². The number of anilines is 2. The Hall–Kier alpha value is -3.58. The topological polar surface area (TPSA) is 102 Å². The van der Waals surface area contributed by atoms with Gasteiger partial charge in [0.25, 0.3) is 0 Å². The third kappa shape index (κ3) is 3.00. The number of halogens is 1. The number of nitrogens with two attached hydrogens (primary N) is 1. The summed E-state index contributed by atoms with van der Waals surface area (Å²) < 4.78 is 5.40. The molecular weight excluding hydrogens is 454 g/mol. The van der Waals surface area contributed by atoms with E-state index in [1.165, 1.54) is 0 Å². The molecule has 1 aliphatic carbocycles. The molecular formula is C26H24ClN3O4. The van der Waals surface area contributed by atoms with Gasteiger partial charge in [0.05, 0.1) is 6.61 Å². The minimum atomic E-state index is -1.73. The molecule has 1 atom stereocenters. The highest BCUT2D eigenvalue weighted by Gasteiger charge is 2.62. The third-order valence-electron chi connectivity index (χ3n) is 6.62. The summed E-state index contributed by atoms with van der Waals surface area (Å²) in [4.78, 5) is 42.6. The number of rotatable bonds is 3. The van der Waals surface area contributed by atoms with Crippen LogP contribution in [0.4, 0.5) is 11.4 Å². The van der Waals surface area contributed by atoms with Crippen molar-refractivity contribution >= 4 is 40.6 Å². The number of ketones is 1. The minimum absolute atomic E-state index is 0.0663. The number of hydrogen-bond acceptors (Lipinski definition) is 6. The molecule has 0 saturated heterocycles. The number of hydrogen-bond donors (Lipinski definition) is 2. The fourth-order valence-electron chi connectivity index (χ4n) is 5.34. The van der Waals surface area contributed by atoms with E-state index in [-0.39, 0.29) is 35.8 Å². The van der Waals surface area contributed by atoms with E-state index < -0.39 is 17.3 Å². The number of aryl methyl sites for hydroxylation is 1. The number of fused-ring (bicyclic) bond motifs is 3. The molecule has 0 bridgehead atoms. The summed E-state index contributed by atoms with van der Waals surface area (Å²) in [5, 5.41) is 3.23. The molecule has 8 heteroatoms. The zero-order chi connectivity index (χ0) is 24.2. The summed E-state index contributed by atoms with van der Waals surface area (Å²) in [5.41, 5.74) is 8.45. The molecule has 0 fully saturated rings. The number of carbonyl (C=O) groups excluding carboxylic acids is 3. The quantitative estimate of drug-likeness (QED) is 0.645. The Morgan fingerprint density at radius 2 is 2.00 bits per heavy atom. The Kier molecular flexibility index (Phi) is 5.24. The van der Waals surface area contributed by atoms with Gasteiger partial charge in [0, 0.05) is 39.7 Å². The smallest absolute Gasteiger partial charge is 0.339 e. The summed E-state index contributed by atoms with van der Waals surface area (Å²) in [6.07, 6.45) is 1.40. The monoisotopic (exact) mass is 477 g/mol.